The van der Waals surface area contributed by atoms with Crippen molar-refractivity contribution in [2.75, 3.05) is 13.2 Å². The smallest absolute Gasteiger partial charge is 0.235 e. The number of hydrogen-bond acceptors (Lipinski definition) is 3. The van der Waals surface area contributed by atoms with Crippen molar-refractivity contribution in [2.24, 2.45) is 0 Å². The summed E-state index contributed by atoms with van der Waals surface area (Å²) >= 11 is 8.41. The molecule has 0 aromatic heterocycles. The maximum absolute atomic E-state index is 12.2. The largest absolute Gasteiger partial charge is 0.479 e. The average Bonchev–Trinajstić information content (AvgIpc) is 2.48. The van der Waals surface area contributed by atoms with E-state index in [0.29, 0.717) is 29.4 Å². The molecule has 0 bridgehead atoms. The fraction of sp³-hybridized carbons (Fsp3) is 0.333. The molecule has 0 aliphatic carbocycles. The Bertz CT molecular complexity index is 630. The van der Waals surface area contributed by atoms with Crippen molar-refractivity contribution in [2.45, 2.75) is 17.3 Å². The fourth-order valence-electron chi connectivity index (χ4n) is 2.10. The minimum absolute atomic E-state index is 0. The van der Waals surface area contributed by atoms with Crippen LogP contribution in [0.25, 0.3) is 5.70 Å². The van der Waals surface area contributed by atoms with Crippen molar-refractivity contribution in [1.29, 1.82) is 5.26 Å². The minimum atomic E-state index is -0.0803. The normalized spacial score (nSPS) is 17.4. The Hall–Kier alpha value is -0.156. The van der Waals surface area contributed by atoms with E-state index < -0.39 is 0 Å². The number of benzene rings is 1. The first-order valence-corrected chi connectivity index (χ1v) is 8.06. The van der Waals surface area contributed by atoms with Crippen molar-refractivity contribution in [3.8, 4) is 11.8 Å². The summed E-state index contributed by atoms with van der Waals surface area (Å²) in [7, 11) is 0. The van der Waals surface area contributed by atoms with Gasteiger partial charge in [-0.25, -0.2) is 6.08 Å². The van der Waals surface area contributed by atoms with Crippen LogP contribution < -0.4 is 4.74 Å². The molecule has 0 saturated carbocycles. The van der Waals surface area contributed by atoms with Crippen molar-refractivity contribution in [3.05, 3.63) is 34.9 Å². The molecule has 1 unspecified atom stereocenters. The maximum Gasteiger partial charge on any atom is 0.235 e. The molecule has 7 heteroatoms. The first-order valence-electron chi connectivity index (χ1n) is 6.44. The van der Waals surface area contributed by atoms with Gasteiger partial charge in [-0.2, -0.15) is 5.26 Å². The van der Waals surface area contributed by atoms with E-state index in [4.69, 9.17) is 21.6 Å². The van der Waals surface area contributed by atoms with Crippen LogP contribution >= 0.6 is 34.2 Å². The van der Waals surface area contributed by atoms with E-state index in [1.165, 1.54) is 0 Å². The number of carbonyl (C=O) groups excluding carboxylic acids is 1. The van der Waals surface area contributed by atoms with Gasteiger partial charge < -0.3 is 9.64 Å². The van der Waals surface area contributed by atoms with Gasteiger partial charge in [0.1, 0.15) is 11.8 Å². The number of halogens is 2. The Morgan fingerprint density at radius 3 is 2.91 bits per heavy atom. The Balaban J connectivity index is 0.00000242. The second-order valence-corrected chi connectivity index (χ2v) is 6.28. The number of nitriles is 1. The molecule has 1 radical (unpaired) electrons. The molecule has 1 aromatic rings. The van der Waals surface area contributed by atoms with Crippen LogP contribution in [0, 0.1) is 17.4 Å². The number of allylic oxidation sites excluding steroid dienone is 1. The molecule has 1 aromatic carbocycles. The molecule has 4 nitrogen and oxygen atoms in total. The summed E-state index contributed by atoms with van der Waals surface area (Å²) in [5.74, 6) is 0.607. The molecule has 113 valence electrons. The van der Waals surface area contributed by atoms with E-state index in [0.717, 1.165) is 5.56 Å². The molecule has 0 spiro atoms. The molecule has 1 atom stereocenters. The summed E-state index contributed by atoms with van der Waals surface area (Å²) in [5, 5.41) is 8.99. The van der Waals surface area contributed by atoms with Crippen molar-refractivity contribution < 1.29 is 42.2 Å². The molecule has 1 amide bonds. The molecular formula is C15H13ClIN2O2Y-. The molecule has 2 rings (SSSR count). The van der Waals surface area contributed by atoms with Gasteiger partial charge in [0.05, 0.1) is 3.92 Å². The summed E-state index contributed by atoms with van der Waals surface area (Å²) in [5.41, 5.74) is 1.46. The van der Waals surface area contributed by atoms with Crippen molar-refractivity contribution in [1.82, 2.24) is 4.90 Å². The zero-order valence-corrected chi connectivity index (χ0v) is 17.7. The van der Waals surface area contributed by atoms with Gasteiger partial charge in [0, 0.05) is 39.3 Å². The number of nitrogens with zero attached hydrogens (tertiary/aromatic N) is 2. The molecule has 1 heterocycles. The Labute approximate surface area is 173 Å². The number of hydrogen-bond donors (Lipinski definition) is 0. The van der Waals surface area contributed by atoms with Gasteiger partial charge in [0.2, 0.25) is 5.91 Å². The van der Waals surface area contributed by atoms with Crippen LogP contribution in [0.5, 0.6) is 5.75 Å². The van der Waals surface area contributed by atoms with Crippen LogP contribution in [-0.2, 0) is 37.5 Å². The van der Waals surface area contributed by atoms with Gasteiger partial charge in [0.25, 0.3) is 0 Å². The monoisotopic (exact) mass is 504 g/mol. The zero-order valence-electron chi connectivity index (χ0n) is 12.0. The topological polar surface area (TPSA) is 53.3 Å². The van der Waals surface area contributed by atoms with Crippen molar-refractivity contribution in [3.63, 3.8) is 0 Å². The predicted octanol–water partition coefficient (Wildman–Crippen LogP) is 3.44. The number of alkyl halides is 1. The molecule has 1 aliphatic heterocycles. The van der Waals surface area contributed by atoms with E-state index in [2.05, 4.69) is 28.7 Å². The van der Waals surface area contributed by atoms with Gasteiger partial charge in [-0.1, -0.05) is 29.0 Å². The standard InChI is InChI=1S/C15H13ClIN2O2.Y/c1-2-19-14(6-5-13(17)15(19)20)11-4-3-10(9-12(11)16)21-8-7-18;/h3-4,9,13H,2,5,8H2,1H3;/q-1;. The van der Waals surface area contributed by atoms with Crippen LogP contribution in [0.2, 0.25) is 5.02 Å². The Kier molecular flexibility index (Phi) is 8.33. The third-order valence-corrected chi connectivity index (χ3v) is 4.35. The second kappa shape index (κ2) is 9.22. The Morgan fingerprint density at radius 2 is 2.32 bits per heavy atom. The van der Waals surface area contributed by atoms with Crippen LogP contribution in [-0.4, -0.2) is 27.9 Å². The number of ether oxygens (including phenoxy) is 1. The number of amides is 1. The molecule has 0 fully saturated rings. The van der Waals surface area contributed by atoms with E-state index in [1.54, 1.807) is 23.1 Å². The average molecular weight is 505 g/mol. The van der Waals surface area contributed by atoms with E-state index in [-0.39, 0.29) is 49.1 Å². The second-order valence-electron chi connectivity index (χ2n) is 4.37. The first-order chi connectivity index (χ1) is 10.1. The van der Waals surface area contributed by atoms with Crippen LogP contribution in [0.1, 0.15) is 18.9 Å². The minimum Gasteiger partial charge on any atom is -0.479 e. The number of rotatable bonds is 4. The molecule has 0 N–H and O–H groups in total. The summed E-state index contributed by atoms with van der Waals surface area (Å²) in [6.45, 7) is 2.47. The summed E-state index contributed by atoms with van der Waals surface area (Å²) < 4.78 is 5.13. The first kappa shape index (κ1) is 19.9. The van der Waals surface area contributed by atoms with Crippen LogP contribution in [0.3, 0.4) is 0 Å². The maximum atomic E-state index is 12.2. The van der Waals surface area contributed by atoms with Gasteiger partial charge in [0.15, 0.2) is 6.61 Å². The van der Waals surface area contributed by atoms with Gasteiger partial charge in [-0.3, -0.25) is 4.79 Å². The van der Waals surface area contributed by atoms with Crippen LogP contribution in [0.4, 0.5) is 0 Å². The third-order valence-electron chi connectivity index (χ3n) is 3.07. The zero-order chi connectivity index (χ0) is 15.4. The third kappa shape index (κ3) is 4.44. The van der Waals surface area contributed by atoms with E-state index in [1.807, 2.05) is 13.0 Å². The van der Waals surface area contributed by atoms with Gasteiger partial charge in [-0.15, -0.1) is 28.9 Å². The van der Waals surface area contributed by atoms with E-state index in [9.17, 15) is 4.79 Å². The predicted molar refractivity (Wildman–Crippen MR) is 89.0 cm³/mol. The molecule has 1 aliphatic rings. The Morgan fingerprint density at radius 1 is 1.59 bits per heavy atom. The van der Waals surface area contributed by atoms with E-state index >= 15 is 0 Å². The molecule has 0 saturated heterocycles. The molecule has 22 heavy (non-hydrogen) atoms. The number of carbonyl (C=O) groups is 1. The summed E-state index contributed by atoms with van der Waals surface area (Å²) in [6, 6.07) is 7.08. The van der Waals surface area contributed by atoms with Gasteiger partial charge in [-0.05, 0) is 24.1 Å². The summed E-state index contributed by atoms with van der Waals surface area (Å²) in [4.78, 5) is 13.9. The summed E-state index contributed by atoms with van der Waals surface area (Å²) in [6.07, 6.45) is 3.83. The van der Waals surface area contributed by atoms with Crippen LogP contribution in [0.15, 0.2) is 18.2 Å². The molecular weight excluding hydrogens is 491 g/mol. The van der Waals surface area contributed by atoms with Gasteiger partial charge >= 0.3 is 0 Å². The quantitative estimate of drug-likeness (QED) is 0.359. The SMILES string of the molecule is CCN1C(=O)C(I)C[C-]=C1c1ccc(OCC#N)cc1Cl.[Y]. The fourth-order valence-corrected chi connectivity index (χ4v) is 2.91. The van der Waals surface area contributed by atoms with Crippen molar-refractivity contribution >= 4 is 45.8 Å².